The summed E-state index contributed by atoms with van der Waals surface area (Å²) in [5, 5.41) is 11.1. The van der Waals surface area contributed by atoms with Gasteiger partial charge in [-0.25, -0.2) is 8.42 Å². The number of hydrogen-bond acceptors (Lipinski definition) is 4. The van der Waals surface area contributed by atoms with Crippen LogP contribution in [-0.2, 0) is 14.3 Å². The van der Waals surface area contributed by atoms with E-state index in [1.165, 1.54) is 25.7 Å². The van der Waals surface area contributed by atoms with E-state index in [0.717, 1.165) is 25.7 Å². The highest BCUT2D eigenvalue weighted by Crippen LogP contribution is 2.62. The van der Waals surface area contributed by atoms with Gasteiger partial charge in [0, 0.05) is 6.10 Å². The Kier molecular flexibility index (Phi) is 9.52. The van der Waals surface area contributed by atoms with E-state index >= 15 is 0 Å². The standard InChI is InChI=1S/C31H54O4SSi/c1-9-31-21-13-18-28(35-37(7,8)29(2,3)4)27(31)20-19-26(31)24(23-30(5,6)32)15-14-22-36(33,34)25-16-11-10-12-17-25/h10-12,16-17,24,26-28,32H,9,13-15,18-23H2,1-8H3/t24-,26+,27-,28?,31+/m0/s1. The van der Waals surface area contributed by atoms with Crippen molar-refractivity contribution in [3.8, 4) is 0 Å². The van der Waals surface area contributed by atoms with Gasteiger partial charge in [0.1, 0.15) is 0 Å². The molecular formula is C31H54O4SSi. The summed E-state index contributed by atoms with van der Waals surface area (Å²) < 4.78 is 33.0. The molecule has 0 saturated heterocycles. The maximum atomic E-state index is 13.0. The zero-order chi connectivity index (χ0) is 27.7. The first-order valence-corrected chi connectivity index (χ1v) is 19.3. The lowest BCUT2D eigenvalue weighted by atomic mass is 9.58. The Morgan fingerprint density at radius 1 is 1.08 bits per heavy atom. The second kappa shape index (κ2) is 11.4. The van der Waals surface area contributed by atoms with Crippen LogP contribution in [-0.4, -0.2) is 39.3 Å². The third kappa shape index (κ3) is 7.09. The van der Waals surface area contributed by atoms with Crippen molar-refractivity contribution in [2.45, 2.75) is 134 Å². The largest absolute Gasteiger partial charge is 0.414 e. The lowest BCUT2D eigenvalue weighted by molar-refractivity contribution is -0.0498. The average molecular weight is 551 g/mol. The van der Waals surface area contributed by atoms with Gasteiger partial charge in [0.25, 0.3) is 0 Å². The molecule has 2 aliphatic rings. The van der Waals surface area contributed by atoms with Crippen LogP contribution in [0.15, 0.2) is 35.2 Å². The lowest BCUT2D eigenvalue weighted by Crippen LogP contribution is -2.51. The van der Waals surface area contributed by atoms with Crippen LogP contribution in [0.2, 0.25) is 18.1 Å². The van der Waals surface area contributed by atoms with E-state index in [1.54, 1.807) is 24.3 Å². The summed E-state index contributed by atoms with van der Waals surface area (Å²) in [7, 11) is -5.15. The highest BCUT2D eigenvalue weighted by molar-refractivity contribution is 7.91. The highest BCUT2D eigenvalue weighted by atomic mass is 32.2. The molecular weight excluding hydrogens is 496 g/mol. The summed E-state index contributed by atoms with van der Waals surface area (Å²) in [5.41, 5.74) is -0.527. The van der Waals surface area contributed by atoms with Gasteiger partial charge >= 0.3 is 0 Å². The van der Waals surface area contributed by atoms with Crippen LogP contribution in [0.1, 0.15) is 99.3 Å². The van der Waals surface area contributed by atoms with Crippen LogP contribution in [0.25, 0.3) is 0 Å². The van der Waals surface area contributed by atoms with Crippen molar-refractivity contribution in [1.82, 2.24) is 0 Å². The number of hydrogen-bond donors (Lipinski definition) is 1. The highest BCUT2D eigenvalue weighted by Gasteiger charge is 2.56. The van der Waals surface area contributed by atoms with Gasteiger partial charge < -0.3 is 9.53 Å². The first kappa shape index (κ1) is 30.8. The Labute approximate surface area is 229 Å². The molecule has 2 aliphatic carbocycles. The molecule has 1 aromatic carbocycles. The number of rotatable bonds is 11. The molecule has 1 aromatic rings. The molecule has 6 heteroatoms. The number of sulfone groups is 1. The van der Waals surface area contributed by atoms with Gasteiger partial charge in [-0.3, -0.25) is 0 Å². The van der Waals surface area contributed by atoms with Crippen LogP contribution < -0.4 is 0 Å². The van der Waals surface area contributed by atoms with Crippen LogP contribution in [0, 0.1) is 23.2 Å². The minimum Gasteiger partial charge on any atom is -0.414 e. The maximum Gasteiger partial charge on any atom is 0.192 e. The smallest absolute Gasteiger partial charge is 0.192 e. The number of benzene rings is 1. The molecule has 0 spiro atoms. The molecule has 0 aliphatic heterocycles. The summed E-state index contributed by atoms with van der Waals surface area (Å²) in [5.74, 6) is 1.58. The van der Waals surface area contributed by atoms with E-state index in [0.29, 0.717) is 35.2 Å². The number of aliphatic hydroxyl groups is 1. The van der Waals surface area contributed by atoms with Crippen LogP contribution >= 0.6 is 0 Å². The van der Waals surface area contributed by atoms with Crippen LogP contribution in [0.4, 0.5) is 0 Å². The van der Waals surface area contributed by atoms with Gasteiger partial charge in [-0.15, -0.1) is 0 Å². The maximum absolute atomic E-state index is 13.0. The van der Waals surface area contributed by atoms with Gasteiger partial charge in [-0.1, -0.05) is 52.3 Å². The zero-order valence-electron chi connectivity index (χ0n) is 24.8. The van der Waals surface area contributed by atoms with E-state index in [-0.39, 0.29) is 16.2 Å². The number of fused-ring (bicyclic) bond motifs is 1. The molecule has 3 rings (SSSR count). The third-order valence-electron chi connectivity index (χ3n) is 10.2. The fraction of sp³-hybridized carbons (Fsp3) is 0.806. The molecule has 5 atom stereocenters. The van der Waals surface area contributed by atoms with Crippen LogP contribution in [0.5, 0.6) is 0 Å². The fourth-order valence-corrected chi connectivity index (χ4v) is 10.2. The van der Waals surface area contributed by atoms with E-state index in [1.807, 2.05) is 19.9 Å². The first-order valence-electron chi connectivity index (χ1n) is 14.7. The SMILES string of the molecule is CC[C@]12CCCC(O[Si](C)(C)C(C)(C)C)[C@@H]1CC[C@@H]2[C@@H](CCCS(=O)(=O)c1ccccc1)CC(C)(C)O. The van der Waals surface area contributed by atoms with Crippen molar-refractivity contribution >= 4 is 18.2 Å². The molecule has 37 heavy (non-hydrogen) atoms. The monoisotopic (exact) mass is 550 g/mol. The molecule has 0 heterocycles. The molecule has 0 aromatic heterocycles. The Balaban J connectivity index is 1.81. The topological polar surface area (TPSA) is 63.6 Å². The van der Waals surface area contributed by atoms with E-state index in [9.17, 15) is 13.5 Å². The summed E-state index contributed by atoms with van der Waals surface area (Å²) >= 11 is 0. The molecule has 0 radical (unpaired) electrons. The normalized spacial score (nSPS) is 28.2. The predicted octanol–water partition coefficient (Wildman–Crippen LogP) is 8.01. The Morgan fingerprint density at radius 2 is 1.73 bits per heavy atom. The summed E-state index contributed by atoms with van der Waals surface area (Å²) in [6.45, 7) is 17.9. The second-order valence-corrected chi connectivity index (χ2v) is 21.1. The van der Waals surface area contributed by atoms with Gasteiger partial charge in [0.2, 0.25) is 0 Å². The Morgan fingerprint density at radius 3 is 2.30 bits per heavy atom. The molecule has 4 nitrogen and oxygen atoms in total. The van der Waals surface area contributed by atoms with Crippen molar-refractivity contribution in [1.29, 1.82) is 0 Å². The Hall–Kier alpha value is -0.693. The van der Waals surface area contributed by atoms with Gasteiger partial charge in [-0.2, -0.15) is 0 Å². The van der Waals surface area contributed by atoms with Crippen LogP contribution in [0.3, 0.4) is 0 Å². The van der Waals surface area contributed by atoms with Crippen molar-refractivity contribution < 1.29 is 18.0 Å². The van der Waals surface area contributed by atoms with Crippen molar-refractivity contribution in [2.75, 3.05) is 5.75 Å². The molecule has 1 unspecified atom stereocenters. The molecule has 0 bridgehead atoms. The van der Waals surface area contributed by atoms with E-state index in [4.69, 9.17) is 4.43 Å². The molecule has 2 saturated carbocycles. The average Bonchev–Trinajstić information content (AvgIpc) is 3.18. The van der Waals surface area contributed by atoms with Crippen molar-refractivity contribution in [3.05, 3.63) is 30.3 Å². The van der Waals surface area contributed by atoms with Gasteiger partial charge in [-0.05, 0) is 119 Å². The van der Waals surface area contributed by atoms with Crippen molar-refractivity contribution in [3.63, 3.8) is 0 Å². The summed E-state index contributed by atoms with van der Waals surface area (Å²) in [6.07, 6.45) is 9.67. The lowest BCUT2D eigenvalue weighted by Gasteiger charge is -2.52. The van der Waals surface area contributed by atoms with E-state index in [2.05, 4.69) is 40.8 Å². The summed E-state index contributed by atoms with van der Waals surface area (Å²) in [6, 6.07) is 8.83. The minimum absolute atomic E-state index is 0.172. The van der Waals surface area contributed by atoms with Gasteiger partial charge in [0.05, 0.1) is 16.2 Å². The Bertz CT molecular complexity index is 977. The quantitative estimate of drug-likeness (QED) is 0.283. The summed E-state index contributed by atoms with van der Waals surface area (Å²) in [4.78, 5) is 0.415. The minimum atomic E-state index is -3.29. The molecule has 212 valence electrons. The predicted molar refractivity (Wildman–Crippen MR) is 157 cm³/mol. The van der Waals surface area contributed by atoms with Crippen molar-refractivity contribution in [2.24, 2.45) is 23.2 Å². The fourth-order valence-electron chi connectivity index (χ4n) is 7.44. The zero-order valence-corrected chi connectivity index (χ0v) is 26.7. The third-order valence-corrected chi connectivity index (χ3v) is 16.5. The molecule has 2 fully saturated rings. The van der Waals surface area contributed by atoms with Gasteiger partial charge in [0.15, 0.2) is 18.2 Å². The molecule has 1 N–H and O–H groups in total. The molecule has 0 amide bonds. The second-order valence-electron chi connectivity index (χ2n) is 14.2. The first-order chi connectivity index (χ1) is 17.0. The van der Waals surface area contributed by atoms with E-state index < -0.39 is 23.8 Å².